The number of carbonyl (C=O) groups excluding carboxylic acids is 1. The summed E-state index contributed by atoms with van der Waals surface area (Å²) >= 11 is 3.36. The summed E-state index contributed by atoms with van der Waals surface area (Å²) in [5.41, 5.74) is 1.71. The molecule has 0 radical (unpaired) electrons. The number of non-ortho nitro benzene ring substituents is 1. The van der Waals surface area contributed by atoms with Gasteiger partial charge in [-0.1, -0.05) is 28.1 Å². The van der Waals surface area contributed by atoms with Gasteiger partial charge in [0.1, 0.15) is 5.75 Å². The van der Waals surface area contributed by atoms with Crippen molar-refractivity contribution in [3.8, 4) is 5.75 Å². The first-order valence-corrected chi connectivity index (χ1v) is 7.76. The maximum Gasteiger partial charge on any atom is 0.270 e. The zero-order chi connectivity index (χ0) is 16.4. The Morgan fingerprint density at radius 3 is 2.83 bits per heavy atom. The van der Waals surface area contributed by atoms with E-state index < -0.39 is 4.92 Å². The Hall–Kier alpha value is -2.47. The number of ketones is 1. The van der Waals surface area contributed by atoms with Gasteiger partial charge in [-0.25, -0.2) is 0 Å². The van der Waals surface area contributed by atoms with E-state index in [0.29, 0.717) is 35.5 Å². The molecule has 1 aliphatic rings. The molecule has 0 aliphatic carbocycles. The molecule has 3 rings (SSSR count). The number of Topliss-reactive ketones (excluding diaryl/α,β-unsaturated/α-hetero) is 1. The molecule has 0 N–H and O–H groups in total. The molecule has 0 unspecified atom stereocenters. The summed E-state index contributed by atoms with van der Waals surface area (Å²) in [5, 5.41) is 10.9. The van der Waals surface area contributed by atoms with Crippen LogP contribution < -0.4 is 4.74 Å². The molecule has 0 fully saturated rings. The number of nitro groups is 1. The number of nitrogens with zero attached hydrogens (tertiary/aromatic N) is 1. The van der Waals surface area contributed by atoms with E-state index in [-0.39, 0.29) is 11.5 Å². The van der Waals surface area contributed by atoms with Crippen LogP contribution in [0.25, 0.3) is 6.08 Å². The second kappa shape index (κ2) is 6.34. The number of benzene rings is 2. The third-order valence-corrected chi connectivity index (χ3v) is 4.02. The van der Waals surface area contributed by atoms with Crippen molar-refractivity contribution < 1.29 is 14.5 Å². The smallest absolute Gasteiger partial charge is 0.270 e. The molecule has 0 bridgehead atoms. The van der Waals surface area contributed by atoms with Crippen LogP contribution in [0.3, 0.4) is 0 Å². The minimum atomic E-state index is -0.452. The Bertz CT molecular complexity index is 829. The third kappa shape index (κ3) is 3.32. The predicted molar refractivity (Wildman–Crippen MR) is 89.7 cm³/mol. The van der Waals surface area contributed by atoms with Gasteiger partial charge < -0.3 is 4.74 Å². The third-order valence-electron chi connectivity index (χ3n) is 3.53. The molecule has 0 amide bonds. The van der Waals surface area contributed by atoms with Gasteiger partial charge in [-0.15, -0.1) is 0 Å². The zero-order valence-electron chi connectivity index (χ0n) is 12.0. The van der Waals surface area contributed by atoms with Crippen LogP contribution in [0.2, 0.25) is 0 Å². The summed E-state index contributed by atoms with van der Waals surface area (Å²) in [6, 6.07) is 11.5. The number of hydrogen-bond donors (Lipinski definition) is 0. The van der Waals surface area contributed by atoms with Gasteiger partial charge in [0.05, 0.1) is 17.1 Å². The second-order valence-corrected chi connectivity index (χ2v) is 6.01. The molecule has 2 aromatic rings. The lowest BCUT2D eigenvalue weighted by atomic mass is 9.99. The molecular formula is C17H12BrNO4. The topological polar surface area (TPSA) is 69.4 Å². The first-order valence-electron chi connectivity index (χ1n) is 6.96. The summed E-state index contributed by atoms with van der Waals surface area (Å²) in [7, 11) is 0. The Kier molecular flexibility index (Phi) is 4.25. The number of ether oxygens (including phenoxy) is 1. The van der Waals surface area contributed by atoms with E-state index in [1.54, 1.807) is 36.4 Å². The molecule has 0 aromatic heterocycles. The van der Waals surface area contributed by atoms with Gasteiger partial charge in [0.25, 0.3) is 5.69 Å². The van der Waals surface area contributed by atoms with Crippen LogP contribution in [0.5, 0.6) is 5.75 Å². The molecule has 6 heteroatoms. The van der Waals surface area contributed by atoms with Gasteiger partial charge >= 0.3 is 0 Å². The number of fused-ring (bicyclic) bond motifs is 1. The van der Waals surface area contributed by atoms with Crippen molar-refractivity contribution >= 4 is 33.5 Å². The maximum absolute atomic E-state index is 12.7. The summed E-state index contributed by atoms with van der Waals surface area (Å²) in [4.78, 5) is 23.1. The largest absolute Gasteiger partial charge is 0.492 e. The van der Waals surface area contributed by atoms with Gasteiger partial charge in [0.15, 0.2) is 5.78 Å². The van der Waals surface area contributed by atoms with Gasteiger partial charge in [-0.3, -0.25) is 14.9 Å². The molecule has 1 aliphatic heterocycles. The zero-order valence-corrected chi connectivity index (χ0v) is 13.6. The molecular weight excluding hydrogens is 362 g/mol. The number of halogens is 1. The van der Waals surface area contributed by atoms with E-state index >= 15 is 0 Å². The standard InChI is InChI=1S/C17H12BrNO4/c18-13-4-5-15-16(10-13)23-7-6-12(17(15)20)8-11-2-1-3-14(9-11)19(21)22/h1-5,8-10H,6-7H2/b12-8+. The van der Waals surface area contributed by atoms with Crippen LogP contribution in [0.4, 0.5) is 5.69 Å². The van der Waals surface area contributed by atoms with Crippen LogP contribution >= 0.6 is 15.9 Å². The number of carbonyl (C=O) groups is 1. The Labute approximate surface area is 140 Å². The fraction of sp³-hybridized carbons (Fsp3) is 0.118. The summed E-state index contributed by atoms with van der Waals surface area (Å²) in [5.74, 6) is 0.434. The SMILES string of the molecule is O=C1/C(=C/c2cccc([N+](=O)[O-])c2)CCOc2cc(Br)ccc21. The van der Waals surface area contributed by atoms with E-state index in [9.17, 15) is 14.9 Å². The molecule has 0 atom stereocenters. The van der Waals surface area contributed by atoms with Crippen molar-refractivity contribution in [3.63, 3.8) is 0 Å². The first kappa shape index (κ1) is 15.4. The predicted octanol–water partition coefficient (Wildman–Crippen LogP) is 4.41. The fourth-order valence-electron chi connectivity index (χ4n) is 2.43. The van der Waals surface area contributed by atoms with E-state index in [4.69, 9.17) is 4.74 Å². The molecule has 0 saturated heterocycles. The van der Waals surface area contributed by atoms with Crippen molar-refractivity contribution in [1.29, 1.82) is 0 Å². The Balaban J connectivity index is 1.99. The minimum Gasteiger partial charge on any atom is -0.492 e. The highest BCUT2D eigenvalue weighted by Crippen LogP contribution is 2.30. The number of rotatable bonds is 2. The van der Waals surface area contributed by atoms with Crippen LogP contribution in [0.1, 0.15) is 22.3 Å². The number of nitro benzene ring substituents is 1. The Morgan fingerprint density at radius 2 is 2.04 bits per heavy atom. The minimum absolute atomic E-state index is 0.000927. The molecule has 116 valence electrons. The molecule has 5 nitrogen and oxygen atoms in total. The highest BCUT2D eigenvalue weighted by molar-refractivity contribution is 9.10. The summed E-state index contributed by atoms with van der Waals surface area (Å²) < 4.78 is 6.47. The van der Waals surface area contributed by atoms with Crippen LogP contribution in [0.15, 0.2) is 52.5 Å². The van der Waals surface area contributed by atoms with Gasteiger partial charge in [-0.05, 0) is 29.8 Å². The fourth-order valence-corrected chi connectivity index (χ4v) is 2.77. The van der Waals surface area contributed by atoms with E-state index in [1.165, 1.54) is 12.1 Å². The normalized spacial score (nSPS) is 15.7. The van der Waals surface area contributed by atoms with Gasteiger partial charge in [-0.2, -0.15) is 0 Å². The molecule has 0 spiro atoms. The van der Waals surface area contributed by atoms with Crippen LogP contribution in [-0.2, 0) is 0 Å². The van der Waals surface area contributed by atoms with Crippen molar-refractivity contribution in [2.45, 2.75) is 6.42 Å². The molecule has 1 heterocycles. The van der Waals surface area contributed by atoms with E-state index in [1.807, 2.05) is 0 Å². The van der Waals surface area contributed by atoms with Crippen molar-refractivity contribution in [2.24, 2.45) is 0 Å². The maximum atomic E-state index is 12.7. The lowest BCUT2D eigenvalue weighted by Gasteiger charge is -2.05. The lowest BCUT2D eigenvalue weighted by Crippen LogP contribution is -2.02. The van der Waals surface area contributed by atoms with Crippen molar-refractivity contribution in [2.75, 3.05) is 6.61 Å². The summed E-state index contributed by atoms with van der Waals surface area (Å²) in [6.45, 7) is 0.385. The van der Waals surface area contributed by atoms with Crippen molar-refractivity contribution in [3.05, 3.63) is 73.8 Å². The summed E-state index contributed by atoms with van der Waals surface area (Å²) in [6.07, 6.45) is 2.14. The Morgan fingerprint density at radius 1 is 1.22 bits per heavy atom. The lowest BCUT2D eigenvalue weighted by molar-refractivity contribution is -0.384. The first-order chi connectivity index (χ1) is 11.0. The number of hydrogen-bond acceptors (Lipinski definition) is 4. The quantitative estimate of drug-likeness (QED) is 0.444. The van der Waals surface area contributed by atoms with Gasteiger partial charge in [0.2, 0.25) is 0 Å². The molecule has 0 saturated carbocycles. The average molecular weight is 374 g/mol. The van der Waals surface area contributed by atoms with Crippen LogP contribution in [0, 0.1) is 10.1 Å². The van der Waals surface area contributed by atoms with Crippen LogP contribution in [-0.4, -0.2) is 17.3 Å². The molecule has 23 heavy (non-hydrogen) atoms. The highest BCUT2D eigenvalue weighted by Gasteiger charge is 2.21. The molecule has 2 aromatic carbocycles. The van der Waals surface area contributed by atoms with Crippen molar-refractivity contribution in [1.82, 2.24) is 0 Å². The van der Waals surface area contributed by atoms with E-state index in [0.717, 1.165) is 4.47 Å². The highest BCUT2D eigenvalue weighted by atomic mass is 79.9. The monoisotopic (exact) mass is 373 g/mol. The van der Waals surface area contributed by atoms with Gasteiger partial charge in [0, 0.05) is 28.6 Å². The average Bonchev–Trinajstić information content (AvgIpc) is 2.67. The van der Waals surface area contributed by atoms with E-state index in [2.05, 4.69) is 15.9 Å². The second-order valence-electron chi connectivity index (χ2n) is 5.09.